The van der Waals surface area contributed by atoms with E-state index < -0.39 is 18.0 Å². The Morgan fingerprint density at radius 3 is 2.71 bits per heavy atom. The van der Waals surface area contributed by atoms with Crippen molar-refractivity contribution >= 4 is 57.5 Å². The van der Waals surface area contributed by atoms with Crippen LogP contribution in [0.2, 0.25) is 10.0 Å². The Kier molecular flexibility index (Phi) is 7.64. The summed E-state index contributed by atoms with van der Waals surface area (Å²) in [6, 6.07) is 4.67. The summed E-state index contributed by atoms with van der Waals surface area (Å²) in [6.45, 7) is 2.27. The van der Waals surface area contributed by atoms with Crippen LogP contribution in [-0.2, 0) is 27.2 Å². The second-order valence-electron chi connectivity index (χ2n) is 6.48. The number of carbonyl (C=O) groups excluding carboxylic acids is 3. The molecule has 31 heavy (non-hydrogen) atoms. The highest BCUT2D eigenvalue weighted by Gasteiger charge is 2.31. The number of rotatable bonds is 6. The molecule has 0 fully saturated rings. The lowest BCUT2D eigenvalue weighted by molar-refractivity contribution is -0.118. The predicted octanol–water partition coefficient (Wildman–Crippen LogP) is 4.37. The average molecular weight is 487 g/mol. The molecule has 2 aromatic rings. The number of halogens is 2. The van der Waals surface area contributed by atoms with Crippen LogP contribution in [0.3, 0.4) is 0 Å². The second-order valence-corrected chi connectivity index (χ2v) is 8.43. The van der Waals surface area contributed by atoms with E-state index in [1.165, 1.54) is 29.4 Å². The van der Waals surface area contributed by atoms with Crippen molar-refractivity contribution in [3.05, 3.63) is 44.2 Å². The van der Waals surface area contributed by atoms with Gasteiger partial charge in [0.2, 0.25) is 0 Å². The molecule has 0 radical (unpaired) electrons. The van der Waals surface area contributed by atoms with E-state index in [1.54, 1.807) is 19.1 Å². The Hall–Kier alpha value is -2.49. The SMILES string of the molecule is CCOC(=O)c1c(NC(=O)COc2ccc(Cl)cc2Cl)sc2c1CCN(C(=O)OC)C2. The van der Waals surface area contributed by atoms with Crippen molar-refractivity contribution in [3.63, 3.8) is 0 Å². The maximum absolute atomic E-state index is 12.6. The molecule has 0 saturated heterocycles. The molecule has 1 aliphatic heterocycles. The largest absolute Gasteiger partial charge is 0.482 e. The van der Waals surface area contributed by atoms with Crippen LogP contribution in [-0.4, -0.2) is 49.7 Å². The summed E-state index contributed by atoms with van der Waals surface area (Å²) in [7, 11) is 1.31. The number of amides is 2. The minimum absolute atomic E-state index is 0.198. The van der Waals surface area contributed by atoms with Gasteiger partial charge in [-0.3, -0.25) is 4.79 Å². The highest BCUT2D eigenvalue weighted by molar-refractivity contribution is 7.17. The van der Waals surface area contributed by atoms with Crippen molar-refractivity contribution in [2.75, 3.05) is 32.2 Å². The normalized spacial score (nSPS) is 12.7. The van der Waals surface area contributed by atoms with Gasteiger partial charge in [0.1, 0.15) is 10.8 Å². The van der Waals surface area contributed by atoms with E-state index >= 15 is 0 Å². The van der Waals surface area contributed by atoms with Crippen LogP contribution >= 0.6 is 34.5 Å². The fourth-order valence-corrected chi connectivity index (χ4v) is 4.82. The van der Waals surface area contributed by atoms with Crippen molar-refractivity contribution in [2.45, 2.75) is 19.9 Å². The summed E-state index contributed by atoms with van der Waals surface area (Å²) >= 11 is 13.1. The van der Waals surface area contributed by atoms with Crippen molar-refractivity contribution < 1.29 is 28.6 Å². The lowest BCUT2D eigenvalue weighted by atomic mass is 10.0. The van der Waals surface area contributed by atoms with Gasteiger partial charge in [-0.25, -0.2) is 9.59 Å². The third-order valence-corrected chi connectivity index (χ3v) is 6.14. The molecule has 0 saturated carbocycles. The van der Waals surface area contributed by atoms with E-state index in [-0.39, 0.29) is 24.8 Å². The minimum atomic E-state index is -0.525. The van der Waals surface area contributed by atoms with Gasteiger partial charge in [0.25, 0.3) is 5.91 Å². The molecule has 0 unspecified atom stereocenters. The number of hydrogen-bond donors (Lipinski definition) is 1. The van der Waals surface area contributed by atoms with Gasteiger partial charge in [-0.05, 0) is 37.1 Å². The molecule has 2 heterocycles. The number of hydrogen-bond acceptors (Lipinski definition) is 7. The summed E-state index contributed by atoms with van der Waals surface area (Å²) in [5.41, 5.74) is 1.07. The Morgan fingerprint density at radius 2 is 2.03 bits per heavy atom. The number of fused-ring (bicyclic) bond motifs is 1. The number of thiophene rings is 1. The van der Waals surface area contributed by atoms with Crippen LogP contribution < -0.4 is 10.1 Å². The number of carbonyl (C=O) groups is 3. The molecule has 2 amide bonds. The summed E-state index contributed by atoms with van der Waals surface area (Å²) in [5.74, 6) is -0.686. The van der Waals surface area contributed by atoms with E-state index in [2.05, 4.69) is 5.32 Å². The summed E-state index contributed by atoms with van der Waals surface area (Å²) < 4.78 is 15.4. The van der Waals surface area contributed by atoms with Crippen LogP contribution in [0.15, 0.2) is 18.2 Å². The maximum atomic E-state index is 12.6. The predicted molar refractivity (Wildman–Crippen MR) is 117 cm³/mol. The lowest BCUT2D eigenvalue weighted by Gasteiger charge is -2.25. The fraction of sp³-hybridized carbons (Fsp3) is 0.350. The third-order valence-electron chi connectivity index (χ3n) is 4.47. The number of methoxy groups -OCH3 is 1. The van der Waals surface area contributed by atoms with Gasteiger partial charge in [0.15, 0.2) is 6.61 Å². The quantitative estimate of drug-likeness (QED) is 0.609. The second kappa shape index (κ2) is 10.2. The first-order chi connectivity index (χ1) is 14.8. The van der Waals surface area contributed by atoms with E-state index in [0.717, 1.165) is 10.4 Å². The maximum Gasteiger partial charge on any atom is 0.409 e. The summed E-state index contributed by atoms with van der Waals surface area (Å²) in [4.78, 5) is 39.3. The smallest absolute Gasteiger partial charge is 0.409 e. The standard InChI is InChI=1S/C20H20Cl2N2O6S/c1-3-29-19(26)17-12-6-7-24(20(27)28-2)9-15(12)31-18(17)23-16(25)10-30-14-5-4-11(21)8-13(14)22/h4-5,8H,3,6-7,9-10H2,1-2H3,(H,23,25). The zero-order valence-corrected chi connectivity index (χ0v) is 19.2. The highest BCUT2D eigenvalue weighted by atomic mass is 35.5. The van der Waals surface area contributed by atoms with Crippen LogP contribution in [0.25, 0.3) is 0 Å². The van der Waals surface area contributed by atoms with Gasteiger partial charge in [-0.1, -0.05) is 23.2 Å². The third kappa shape index (κ3) is 5.41. The van der Waals surface area contributed by atoms with Gasteiger partial charge >= 0.3 is 12.1 Å². The number of nitrogens with zero attached hydrogens (tertiary/aromatic N) is 1. The molecule has 0 atom stereocenters. The molecule has 1 N–H and O–H groups in total. The molecule has 8 nitrogen and oxygen atoms in total. The van der Waals surface area contributed by atoms with Gasteiger partial charge < -0.3 is 24.4 Å². The van der Waals surface area contributed by atoms with Gasteiger partial charge in [0.05, 0.1) is 30.8 Å². The monoisotopic (exact) mass is 486 g/mol. The Balaban J connectivity index is 1.77. The molecule has 1 aromatic carbocycles. The van der Waals surface area contributed by atoms with E-state index in [1.807, 2.05) is 0 Å². The van der Waals surface area contributed by atoms with Crippen LogP contribution in [0.4, 0.5) is 9.80 Å². The Morgan fingerprint density at radius 1 is 1.26 bits per heavy atom. The molecular weight excluding hydrogens is 467 g/mol. The number of benzene rings is 1. The van der Waals surface area contributed by atoms with E-state index in [0.29, 0.717) is 34.3 Å². The lowest BCUT2D eigenvalue weighted by Crippen LogP contribution is -2.35. The molecule has 0 aliphatic carbocycles. The molecular formula is C20H20Cl2N2O6S. The van der Waals surface area contributed by atoms with E-state index in [9.17, 15) is 14.4 Å². The first-order valence-electron chi connectivity index (χ1n) is 9.36. The zero-order chi connectivity index (χ0) is 22.5. The van der Waals surface area contributed by atoms with Crippen molar-refractivity contribution in [3.8, 4) is 5.75 Å². The molecule has 166 valence electrons. The van der Waals surface area contributed by atoms with Gasteiger partial charge in [0, 0.05) is 16.4 Å². The average Bonchev–Trinajstić information content (AvgIpc) is 3.09. The number of ether oxygens (including phenoxy) is 3. The fourth-order valence-electron chi connectivity index (χ4n) is 3.09. The highest BCUT2D eigenvalue weighted by Crippen LogP contribution is 2.38. The molecule has 0 spiro atoms. The topological polar surface area (TPSA) is 94.2 Å². The van der Waals surface area contributed by atoms with Crippen molar-refractivity contribution in [2.24, 2.45) is 0 Å². The first kappa shape index (κ1) is 23.2. The number of nitrogens with one attached hydrogen (secondary N) is 1. The Labute approximate surface area is 193 Å². The van der Waals surface area contributed by atoms with Crippen LogP contribution in [0.5, 0.6) is 5.75 Å². The summed E-state index contributed by atoms with van der Waals surface area (Å²) in [6.07, 6.45) is -0.00229. The molecule has 0 bridgehead atoms. The number of esters is 1. The number of anilines is 1. The van der Waals surface area contributed by atoms with Crippen LogP contribution in [0, 0.1) is 0 Å². The summed E-state index contributed by atoms with van der Waals surface area (Å²) in [5, 5.41) is 3.80. The van der Waals surface area contributed by atoms with Crippen molar-refractivity contribution in [1.82, 2.24) is 4.90 Å². The van der Waals surface area contributed by atoms with Gasteiger partial charge in [-0.15, -0.1) is 11.3 Å². The Bertz CT molecular complexity index is 1010. The molecule has 1 aliphatic rings. The molecule has 3 rings (SSSR count). The van der Waals surface area contributed by atoms with Crippen LogP contribution in [0.1, 0.15) is 27.7 Å². The molecule has 1 aromatic heterocycles. The van der Waals surface area contributed by atoms with E-state index in [4.69, 9.17) is 37.4 Å². The van der Waals surface area contributed by atoms with Crippen molar-refractivity contribution in [1.29, 1.82) is 0 Å². The minimum Gasteiger partial charge on any atom is -0.482 e. The zero-order valence-electron chi connectivity index (χ0n) is 16.8. The first-order valence-corrected chi connectivity index (χ1v) is 10.9. The molecule has 11 heteroatoms. The van der Waals surface area contributed by atoms with Gasteiger partial charge in [-0.2, -0.15) is 0 Å².